The maximum atomic E-state index is 10.1. The zero-order chi connectivity index (χ0) is 9.56. The summed E-state index contributed by atoms with van der Waals surface area (Å²) in [4.78, 5) is 20.1. The molecule has 0 aromatic carbocycles. The molecule has 0 aliphatic rings. The molecule has 1 atom stereocenters. The van der Waals surface area contributed by atoms with E-state index in [0.29, 0.717) is 12.8 Å². The summed E-state index contributed by atoms with van der Waals surface area (Å²) in [5.74, 6) is -2.16. The van der Waals surface area contributed by atoms with Crippen LogP contribution in [0.25, 0.3) is 0 Å². The van der Waals surface area contributed by atoms with E-state index < -0.39 is 18.0 Å². The first-order valence-electron chi connectivity index (χ1n) is 3.66. The van der Waals surface area contributed by atoms with Crippen LogP contribution in [0.4, 0.5) is 0 Å². The Morgan fingerprint density at radius 2 is 1.75 bits per heavy atom. The van der Waals surface area contributed by atoms with Gasteiger partial charge in [-0.15, -0.1) is 0 Å². The molecule has 0 unspecified atom stereocenters. The van der Waals surface area contributed by atoms with Gasteiger partial charge in [0.25, 0.3) is 0 Å². The molecule has 0 heterocycles. The monoisotopic (exact) mass is 176 g/mol. The van der Waals surface area contributed by atoms with Crippen molar-refractivity contribution in [3.05, 3.63) is 0 Å². The van der Waals surface area contributed by atoms with Crippen LogP contribution in [0.3, 0.4) is 0 Å². The fraction of sp³-hybridized carbons (Fsp3) is 0.714. The number of rotatable bonds is 6. The lowest BCUT2D eigenvalue weighted by Crippen LogP contribution is -2.18. The van der Waals surface area contributed by atoms with Gasteiger partial charge >= 0.3 is 11.9 Å². The van der Waals surface area contributed by atoms with Crippen molar-refractivity contribution in [2.24, 2.45) is 0 Å². The number of aliphatic carboxylic acids is 2. The molecule has 0 aliphatic carbocycles. The average Bonchev–Trinajstić information content (AvgIpc) is 1.97. The Balaban J connectivity index is 3.31. The van der Waals surface area contributed by atoms with Crippen molar-refractivity contribution in [3.63, 3.8) is 0 Å². The van der Waals surface area contributed by atoms with E-state index in [2.05, 4.69) is 0 Å². The van der Waals surface area contributed by atoms with Gasteiger partial charge in [-0.3, -0.25) is 4.79 Å². The molecule has 5 heteroatoms. The summed E-state index contributed by atoms with van der Waals surface area (Å²) < 4.78 is 0. The predicted molar refractivity (Wildman–Crippen MR) is 39.7 cm³/mol. The van der Waals surface area contributed by atoms with E-state index in [1.807, 2.05) is 0 Å². The van der Waals surface area contributed by atoms with E-state index >= 15 is 0 Å². The number of hydrogen-bond acceptors (Lipinski definition) is 3. The molecule has 0 radical (unpaired) electrons. The molecule has 0 amide bonds. The highest BCUT2D eigenvalue weighted by molar-refractivity contribution is 5.71. The van der Waals surface area contributed by atoms with Gasteiger partial charge in [-0.2, -0.15) is 0 Å². The summed E-state index contributed by atoms with van der Waals surface area (Å²) in [5.41, 5.74) is 0. The fourth-order valence-electron chi connectivity index (χ4n) is 0.737. The minimum atomic E-state index is -1.36. The molecule has 0 aromatic heterocycles. The molecule has 3 N–H and O–H groups in total. The second-order valence-corrected chi connectivity index (χ2v) is 2.49. The highest BCUT2D eigenvalue weighted by Gasteiger charge is 2.11. The van der Waals surface area contributed by atoms with Crippen LogP contribution in [-0.4, -0.2) is 33.4 Å². The van der Waals surface area contributed by atoms with Crippen LogP contribution in [-0.2, 0) is 9.59 Å². The molecule has 0 rings (SSSR count). The van der Waals surface area contributed by atoms with Gasteiger partial charge in [0.15, 0.2) is 6.10 Å². The van der Waals surface area contributed by atoms with E-state index in [-0.39, 0.29) is 12.8 Å². The Morgan fingerprint density at radius 3 is 2.17 bits per heavy atom. The summed E-state index contributed by atoms with van der Waals surface area (Å²) in [7, 11) is 0. The maximum Gasteiger partial charge on any atom is 0.332 e. The van der Waals surface area contributed by atoms with Crippen LogP contribution in [0.5, 0.6) is 0 Å². The van der Waals surface area contributed by atoms with Crippen LogP contribution < -0.4 is 0 Å². The lowest BCUT2D eigenvalue weighted by Gasteiger charge is -2.02. The summed E-state index contributed by atoms with van der Waals surface area (Å²) in [6.45, 7) is 0. The average molecular weight is 176 g/mol. The van der Waals surface area contributed by atoms with Crippen molar-refractivity contribution >= 4 is 11.9 Å². The van der Waals surface area contributed by atoms with Crippen LogP contribution in [0.15, 0.2) is 0 Å². The summed E-state index contributed by atoms with van der Waals surface area (Å²) in [5, 5.41) is 25.2. The number of aliphatic hydroxyl groups excluding tert-OH is 1. The van der Waals surface area contributed by atoms with Gasteiger partial charge in [-0.25, -0.2) is 4.79 Å². The summed E-state index contributed by atoms with van der Waals surface area (Å²) in [6.07, 6.45) is -0.409. The lowest BCUT2D eigenvalue weighted by atomic mass is 10.1. The van der Waals surface area contributed by atoms with Crippen molar-refractivity contribution in [1.29, 1.82) is 0 Å². The van der Waals surface area contributed by atoms with E-state index in [9.17, 15) is 9.59 Å². The minimum Gasteiger partial charge on any atom is -0.481 e. The first kappa shape index (κ1) is 10.9. The van der Waals surface area contributed by atoms with Gasteiger partial charge in [-0.05, 0) is 19.3 Å². The third kappa shape index (κ3) is 5.67. The van der Waals surface area contributed by atoms with Gasteiger partial charge in [0, 0.05) is 6.42 Å². The summed E-state index contributed by atoms with van der Waals surface area (Å²) in [6, 6.07) is 0. The van der Waals surface area contributed by atoms with Crippen LogP contribution in [0, 0.1) is 0 Å². The van der Waals surface area contributed by atoms with Crippen LogP contribution in [0.2, 0.25) is 0 Å². The number of carboxylic acid groups (broad SMARTS) is 2. The normalized spacial score (nSPS) is 12.4. The Labute approximate surface area is 69.6 Å². The summed E-state index contributed by atoms with van der Waals surface area (Å²) >= 11 is 0. The largest absolute Gasteiger partial charge is 0.481 e. The highest BCUT2D eigenvalue weighted by atomic mass is 16.4. The Morgan fingerprint density at radius 1 is 1.17 bits per heavy atom. The van der Waals surface area contributed by atoms with Crippen molar-refractivity contribution < 1.29 is 24.9 Å². The zero-order valence-corrected chi connectivity index (χ0v) is 6.56. The topological polar surface area (TPSA) is 94.8 Å². The van der Waals surface area contributed by atoms with E-state index in [4.69, 9.17) is 15.3 Å². The highest BCUT2D eigenvalue weighted by Crippen LogP contribution is 2.03. The van der Waals surface area contributed by atoms with E-state index in [0.717, 1.165) is 0 Å². The Hall–Kier alpha value is -1.10. The molecule has 0 aliphatic heterocycles. The van der Waals surface area contributed by atoms with Crippen molar-refractivity contribution in [2.75, 3.05) is 0 Å². The van der Waals surface area contributed by atoms with Crippen LogP contribution >= 0.6 is 0 Å². The quantitative estimate of drug-likeness (QED) is 0.498. The van der Waals surface area contributed by atoms with E-state index in [1.54, 1.807) is 0 Å². The van der Waals surface area contributed by atoms with Gasteiger partial charge in [0.1, 0.15) is 0 Å². The first-order valence-corrected chi connectivity index (χ1v) is 3.66. The molecule has 0 bridgehead atoms. The van der Waals surface area contributed by atoms with Gasteiger partial charge < -0.3 is 15.3 Å². The van der Waals surface area contributed by atoms with Crippen LogP contribution in [0.1, 0.15) is 25.7 Å². The molecule has 0 saturated carbocycles. The molecule has 0 fully saturated rings. The minimum absolute atomic E-state index is 0.0202. The number of aliphatic hydroxyl groups is 1. The Kier molecular flexibility index (Phi) is 5.03. The third-order valence-corrected chi connectivity index (χ3v) is 1.40. The van der Waals surface area contributed by atoms with Crippen molar-refractivity contribution in [2.45, 2.75) is 31.8 Å². The van der Waals surface area contributed by atoms with Gasteiger partial charge in [0.2, 0.25) is 0 Å². The van der Waals surface area contributed by atoms with E-state index in [1.165, 1.54) is 0 Å². The lowest BCUT2D eigenvalue weighted by molar-refractivity contribution is -0.146. The molecule has 5 nitrogen and oxygen atoms in total. The second kappa shape index (κ2) is 5.54. The predicted octanol–water partition coefficient (Wildman–Crippen LogP) is 0.0769. The molecule has 12 heavy (non-hydrogen) atoms. The van der Waals surface area contributed by atoms with Gasteiger partial charge in [0.05, 0.1) is 0 Å². The molecule has 0 spiro atoms. The number of carbonyl (C=O) groups is 2. The number of unbranched alkanes of at least 4 members (excludes halogenated alkanes) is 1. The number of hydrogen-bond donors (Lipinski definition) is 3. The standard InChI is InChI=1S/C7H12O5/c8-5(7(11)12)3-1-2-4-6(9)10/h5,8H,1-4H2,(H,9,10)(H,11,12)/t5-/m0/s1. The van der Waals surface area contributed by atoms with Gasteiger partial charge in [-0.1, -0.05) is 0 Å². The zero-order valence-electron chi connectivity index (χ0n) is 6.56. The molecule has 0 saturated heterocycles. The van der Waals surface area contributed by atoms with Crippen molar-refractivity contribution in [3.8, 4) is 0 Å². The smallest absolute Gasteiger partial charge is 0.332 e. The fourth-order valence-corrected chi connectivity index (χ4v) is 0.737. The SMILES string of the molecule is O=C(O)CCCC[C@H](O)C(=O)O. The first-order chi connectivity index (χ1) is 5.54. The second-order valence-electron chi connectivity index (χ2n) is 2.49. The Bertz CT molecular complexity index is 165. The number of carboxylic acids is 2. The molecule has 0 aromatic rings. The maximum absolute atomic E-state index is 10.1. The molecular formula is C7H12O5. The molecule has 70 valence electrons. The third-order valence-electron chi connectivity index (χ3n) is 1.40. The van der Waals surface area contributed by atoms with Crippen molar-refractivity contribution in [1.82, 2.24) is 0 Å². The molecular weight excluding hydrogens is 164 g/mol.